The molecule has 282 valence electrons. The lowest BCUT2D eigenvalue weighted by Crippen LogP contribution is -2.39. The highest BCUT2D eigenvalue weighted by Gasteiger charge is 2.40. The summed E-state index contributed by atoms with van der Waals surface area (Å²) in [7, 11) is 1.51. The van der Waals surface area contributed by atoms with Gasteiger partial charge in [-0.15, -0.1) is 0 Å². The van der Waals surface area contributed by atoms with Crippen LogP contribution in [0.3, 0.4) is 0 Å². The number of rotatable bonds is 13. The van der Waals surface area contributed by atoms with Gasteiger partial charge < -0.3 is 38.2 Å². The number of H-pyrrole nitrogens is 1. The van der Waals surface area contributed by atoms with Crippen LogP contribution < -0.4 is 20.3 Å². The number of benzene rings is 3. The van der Waals surface area contributed by atoms with Crippen LogP contribution in [0.2, 0.25) is 0 Å². The fourth-order valence-corrected chi connectivity index (χ4v) is 7.45. The second-order valence-corrected chi connectivity index (χ2v) is 15.9. The quantitative estimate of drug-likeness (QED) is 0.0839. The number of nitrogens with one attached hydrogen (secondary N) is 2. The van der Waals surface area contributed by atoms with Crippen LogP contribution in [0, 0.1) is 0 Å². The van der Waals surface area contributed by atoms with E-state index in [1.807, 2.05) is 120 Å². The summed E-state index contributed by atoms with van der Waals surface area (Å²) in [5, 5.41) is 14.7. The van der Waals surface area contributed by atoms with E-state index in [2.05, 4.69) is 15.3 Å². The second kappa shape index (κ2) is 15.5. The van der Waals surface area contributed by atoms with Crippen molar-refractivity contribution in [1.82, 2.24) is 19.5 Å². The lowest BCUT2D eigenvalue weighted by Gasteiger charge is -2.37. The molecule has 3 N–H and O–H groups in total. The van der Waals surface area contributed by atoms with Gasteiger partial charge in [0.2, 0.25) is 5.95 Å². The van der Waals surface area contributed by atoms with Gasteiger partial charge in [0.05, 0.1) is 44.5 Å². The Morgan fingerprint density at radius 1 is 0.868 bits per heavy atom. The van der Waals surface area contributed by atoms with Crippen molar-refractivity contribution in [3.05, 3.63) is 112 Å². The molecule has 1 aliphatic heterocycles. The lowest BCUT2D eigenvalue weighted by atomic mass is 9.77. The number of imidazole rings is 1. The van der Waals surface area contributed by atoms with Crippen LogP contribution in [-0.4, -0.2) is 68.9 Å². The predicted octanol–water partition coefficient (Wildman–Crippen LogP) is 7.06. The molecule has 6 rings (SSSR count). The Kier molecular flexibility index (Phi) is 11.3. The summed E-state index contributed by atoms with van der Waals surface area (Å²) in [6, 6.07) is 25.4. The molecular weight excluding hydrogens is 697 g/mol. The van der Waals surface area contributed by atoms with Crippen molar-refractivity contribution in [3.63, 3.8) is 0 Å². The summed E-state index contributed by atoms with van der Waals surface area (Å²) in [4.78, 5) is 25.9. The Balaban J connectivity index is 1.36. The van der Waals surface area contributed by atoms with Crippen molar-refractivity contribution in [2.75, 3.05) is 26.1 Å². The van der Waals surface area contributed by atoms with Gasteiger partial charge in [0, 0.05) is 6.42 Å². The number of aliphatic hydroxyl groups is 1. The number of aromatic nitrogens is 4. The van der Waals surface area contributed by atoms with Gasteiger partial charge in [0.25, 0.3) is 5.56 Å². The molecule has 0 amide bonds. The highest BCUT2D eigenvalue weighted by atomic mass is 31.2. The maximum atomic E-state index is 13.6. The molecule has 53 heavy (non-hydrogen) atoms. The van der Waals surface area contributed by atoms with Gasteiger partial charge in [0.15, 0.2) is 11.2 Å². The van der Waals surface area contributed by atoms with Crippen LogP contribution in [0.1, 0.15) is 70.9 Å². The number of anilines is 1. The Labute approximate surface area is 310 Å². The molecule has 0 aliphatic carbocycles. The summed E-state index contributed by atoms with van der Waals surface area (Å²) in [6.45, 7) is 11.6. The lowest BCUT2D eigenvalue weighted by molar-refractivity contribution is -0.0489. The Bertz CT molecular complexity index is 1960. The third-order valence-corrected chi connectivity index (χ3v) is 10.3. The summed E-state index contributed by atoms with van der Waals surface area (Å²) in [5.74, 6) is 1.59. The van der Waals surface area contributed by atoms with Crippen molar-refractivity contribution < 1.29 is 32.9 Å². The first-order chi connectivity index (χ1) is 25.2. The zero-order valence-corrected chi connectivity index (χ0v) is 32.2. The Hall–Kier alpha value is -4.36. The molecular formula is C39H48N5O8P. The van der Waals surface area contributed by atoms with E-state index in [-0.39, 0.29) is 30.1 Å². The molecule has 14 heteroatoms. The van der Waals surface area contributed by atoms with Crippen molar-refractivity contribution in [2.45, 2.75) is 83.1 Å². The molecule has 13 nitrogen and oxygen atoms in total. The third kappa shape index (κ3) is 8.73. The standard InChI is InChI=1S/C39H48N5O8P/c1-37(2,3)51-53(52-38(4,5)6)49-23-31-30(45)22-32(50-31)44-24-40-33-34(44)41-36(42-35(33)46)43-39(25-12-10-9-11-13-25,26-14-18-28(47-7)19-15-26)27-16-20-29(48-8)21-17-27/h9-21,24,30-32,45H,22-23H2,1-8H3,(H2,41,42,43,46)/t30-,31+,32+/m0/s1. The first-order valence-electron chi connectivity index (χ1n) is 17.4. The summed E-state index contributed by atoms with van der Waals surface area (Å²) < 4.78 is 37.1. The highest BCUT2D eigenvalue weighted by Crippen LogP contribution is 2.48. The monoisotopic (exact) mass is 745 g/mol. The molecule has 0 bridgehead atoms. The van der Waals surface area contributed by atoms with Crippen molar-refractivity contribution in [2.24, 2.45) is 0 Å². The number of fused-ring (bicyclic) bond motifs is 1. The number of aromatic amines is 1. The molecule has 0 radical (unpaired) electrons. The normalized spacial score (nSPS) is 18.1. The fourth-order valence-electron chi connectivity index (χ4n) is 6.15. The minimum atomic E-state index is -1.74. The summed E-state index contributed by atoms with van der Waals surface area (Å²) in [6.07, 6.45) is -0.502. The van der Waals surface area contributed by atoms with Crippen LogP contribution in [0.5, 0.6) is 11.5 Å². The first kappa shape index (κ1) is 38.4. The molecule has 0 spiro atoms. The maximum Gasteiger partial charge on any atom is 0.333 e. The van der Waals surface area contributed by atoms with E-state index in [4.69, 9.17) is 32.8 Å². The van der Waals surface area contributed by atoms with Crippen LogP contribution in [0.4, 0.5) is 5.95 Å². The van der Waals surface area contributed by atoms with Crippen LogP contribution in [0.25, 0.3) is 11.2 Å². The average Bonchev–Trinajstić information content (AvgIpc) is 3.72. The number of ether oxygens (including phenoxy) is 3. The molecule has 1 aliphatic rings. The summed E-state index contributed by atoms with van der Waals surface area (Å²) >= 11 is 0. The second-order valence-electron chi connectivity index (χ2n) is 14.8. The average molecular weight is 746 g/mol. The van der Waals surface area contributed by atoms with Gasteiger partial charge in [-0.2, -0.15) is 4.98 Å². The number of methoxy groups -OCH3 is 2. The Morgan fingerprint density at radius 3 is 1.94 bits per heavy atom. The number of nitrogens with zero attached hydrogens (tertiary/aromatic N) is 3. The van der Waals surface area contributed by atoms with E-state index in [0.29, 0.717) is 11.5 Å². The summed E-state index contributed by atoms with van der Waals surface area (Å²) in [5.41, 5.74) is 0.543. The topological polar surface area (TPSA) is 151 Å². The zero-order chi connectivity index (χ0) is 38.0. The van der Waals surface area contributed by atoms with Crippen LogP contribution >= 0.6 is 8.60 Å². The minimum Gasteiger partial charge on any atom is -0.497 e. The van der Waals surface area contributed by atoms with Gasteiger partial charge >= 0.3 is 8.60 Å². The van der Waals surface area contributed by atoms with Gasteiger partial charge in [-0.05, 0) is 82.5 Å². The van der Waals surface area contributed by atoms with E-state index in [9.17, 15) is 9.90 Å². The predicted molar refractivity (Wildman–Crippen MR) is 203 cm³/mol. The van der Waals surface area contributed by atoms with Gasteiger partial charge in [0.1, 0.15) is 29.4 Å². The van der Waals surface area contributed by atoms with Crippen LogP contribution in [0.15, 0.2) is 90.0 Å². The molecule has 5 aromatic rings. The minimum absolute atomic E-state index is 0.0340. The van der Waals surface area contributed by atoms with E-state index in [1.54, 1.807) is 18.8 Å². The van der Waals surface area contributed by atoms with Crippen molar-refractivity contribution >= 4 is 25.7 Å². The zero-order valence-electron chi connectivity index (χ0n) is 31.3. The van der Waals surface area contributed by atoms with E-state index >= 15 is 0 Å². The molecule has 1 fully saturated rings. The molecule has 3 atom stereocenters. The maximum absolute atomic E-state index is 13.6. The Morgan fingerprint density at radius 2 is 1.42 bits per heavy atom. The third-order valence-electron chi connectivity index (χ3n) is 8.55. The SMILES string of the molecule is COc1ccc(C(Nc2nc3c(ncn3[C@H]3C[C@H](O)[C@@H](COP(OC(C)(C)C)OC(C)(C)C)O3)c(=O)[nH]2)(c2ccccc2)c2ccc(OC)cc2)cc1. The van der Waals surface area contributed by atoms with E-state index < -0.39 is 49.3 Å². The largest absolute Gasteiger partial charge is 0.497 e. The van der Waals surface area contributed by atoms with Gasteiger partial charge in [-0.3, -0.25) is 14.3 Å². The molecule has 2 aromatic heterocycles. The van der Waals surface area contributed by atoms with Crippen molar-refractivity contribution in [1.29, 1.82) is 0 Å². The van der Waals surface area contributed by atoms with Gasteiger partial charge in [-0.1, -0.05) is 54.6 Å². The molecule has 0 unspecified atom stereocenters. The number of aliphatic hydroxyl groups excluding tert-OH is 1. The first-order valence-corrected chi connectivity index (χ1v) is 18.5. The van der Waals surface area contributed by atoms with Crippen molar-refractivity contribution in [3.8, 4) is 11.5 Å². The molecule has 3 aromatic carbocycles. The molecule has 1 saturated heterocycles. The number of hydrogen-bond acceptors (Lipinski definition) is 11. The molecule has 0 saturated carbocycles. The van der Waals surface area contributed by atoms with E-state index in [0.717, 1.165) is 16.7 Å². The van der Waals surface area contributed by atoms with Crippen LogP contribution in [-0.2, 0) is 23.8 Å². The molecule has 3 heterocycles. The smallest absolute Gasteiger partial charge is 0.333 e. The van der Waals surface area contributed by atoms with E-state index in [1.165, 1.54) is 6.33 Å². The number of hydrogen-bond donors (Lipinski definition) is 3. The van der Waals surface area contributed by atoms with Gasteiger partial charge in [-0.25, -0.2) is 4.98 Å². The highest BCUT2D eigenvalue weighted by molar-refractivity contribution is 7.41. The fraction of sp³-hybridized carbons (Fsp3) is 0.410.